The molecular formula is C24H30O9. The predicted octanol–water partition coefficient (Wildman–Crippen LogP) is 2.31. The fourth-order valence-corrected chi connectivity index (χ4v) is 7.12. The fourth-order valence-electron chi connectivity index (χ4n) is 7.12. The van der Waals surface area contributed by atoms with Gasteiger partial charge in [0.1, 0.15) is 24.4 Å². The van der Waals surface area contributed by atoms with E-state index >= 15 is 0 Å². The first-order valence-corrected chi connectivity index (χ1v) is 11.5. The van der Waals surface area contributed by atoms with E-state index in [0.29, 0.717) is 25.9 Å². The number of cyclic esters (lactones) is 1. The number of epoxide rings is 1. The van der Waals surface area contributed by atoms with Crippen LogP contribution in [0.25, 0.3) is 0 Å². The highest BCUT2D eigenvalue weighted by Gasteiger charge is 2.80. The monoisotopic (exact) mass is 462 g/mol. The van der Waals surface area contributed by atoms with E-state index in [1.54, 1.807) is 12.3 Å². The standard InChI is InChI=1S/C24H30O9/c1-13-19(27)20(32-15(3)26)24(12-30-14(2)25)18(5-4-7-22(24)11-31-22)23(13)9-17(33-21(23)28)16-6-8-29-10-16/h6,8,10,13,17-20,27H,4-5,7,9,11-12H2,1-3H3. The minimum Gasteiger partial charge on any atom is -0.472 e. The number of hydrogen-bond donors (Lipinski definition) is 1. The molecule has 4 fully saturated rings. The first-order chi connectivity index (χ1) is 15.7. The van der Waals surface area contributed by atoms with Crippen molar-refractivity contribution in [3.8, 4) is 0 Å². The summed E-state index contributed by atoms with van der Waals surface area (Å²) >= 11 is 0. The maximum Gasteiger partial charge on any atom is 0.313 e. The Hall–Kier alpha value is -2.39. The molecular weight excluding hydrogens is 432 g/mol. The topological polar surface area (TPSA) is 125 Å². The van der Waals surface area contributed by atoms with E-state index in [9.17, 15) is 19.5 Å². The van der Waals surface area contributed by atoms with Gasteiger partial charge in [-0.05, 0) is 24.8 Å². The second-order valence-electron chi connectivity index (χ2n) is 10.1. The quantitative estimate of drug-likeness (QED) is 0.408. The molecule has 2 saturated heterocycles. The van der Waals surface area contributed by atoms with E-state index in [1.165, 1.54) is 20.1 Å². The molecule has 1 aromatic heterocycles. The van der Waals surface area contributed by atoms with Gasteiger partial charge in [-0.1, -0.05) is 13.3 Å². The number of hydrogen-bond acceptors (Lipinski definition) is 9. The second kappa shape index (κ2) is 7.56. The lowest BCUT2D eigenvalue weighted by Crippen LogP contribution is -2.73. The molecule has 2 aliphatic heterocycles. The summed E-state index contributed by atoms with van der Waals surface area (Å²) < 4.78 is 28.4. The Balaban J connectivity index is 1.66. The van der Waals surface area contributed by atoms with E-state index in [4.69, 9.17) is 23.4 Å². The number of rotatable bonds is 4. The van der Waals surface area contributed by atoms with Crippen molar-refractivity contribution in [2.75, 3.05) is 13.2 Å². The highest BCUT2D eigenvalue weighted by Crippen LogP contribution is 2.71. The van der Waals surface area contributed by atoms with Crippen molar-refractivity contribution in [1.29, 1.82) is 0 Å². The number of carbonyl (C=O) groups is 3. The van der Waals surface area contributed by atoms with Gasteiger partial charge in [0, 0.05) is 31.7 Å². The lowest BCUT2D eigenvalue weighted by molar-refractivity contribution is -0.260. The van der Waals surface area contributed by atoms with Crippen molar-refractivity contribution in [1.82, 2.24) is 0 Å². The third-order valence-electron chi connectivity index (χ3n) is 8.68. The van der Waals surface area contributed by atoms with E-state index in [2.05, 4.69) is 0 Å². The third-order valence-corrected chi connectivity index (χ3v) is 8.68. The molecule has 9 nitrogen and oxygen atoms in total. The van der Waals surface area contributed by atoms with Gasteiger partial charge < -0.3 is 28.5 Å². The Labute approximate surface area is 191 Å². The normalized spacial score (nSPS) is 43.8. The van der Waals surface area contributed by atoms with Crippen LogP contribution >= 0.6 is 0 Å². The Bertz CT molecular complexity index is 951. The summed E-state index contributed by atoms with van der Waals surface area (Å²) in [5.41, 5.74) is -2.12. The largest absolute Gasteiger partial charge is 0.472 e. The van der Waals surface area contributed by atoms with Gasteiger partial charge in [0.2, 0.25) is 0 Å². The van der Waals surface area contributed by atoms with E-state index < -0.39 is 58.6 Å². The van der Waals surface area contributed by atoms with Gasteiger partial charge in [0.25, 0.3) is 0 Å². The first-order valence-electron chi connectivity index (χ1n) is 11.5. The Morgan fingerprint density at radius 3 is 2.64 bits per heavy atom. The predicted molar refractivity (Wildman–Crippen MR) is 110 cm³/mol. The molecule has 4 aliphatic rings. The van der Waals surface area contributed by atoms with E-state index in [0.717, 1.165) is 12.0 Å². The second-order valence-corrected chi connectivity index (χ2v) is 10.1. The van der Waals surface area contributed by atoms with Gasteiger partial charge >= 0.3 is 17.9 Å². The first kappa shape index (κ1) is 22.4. The van der Waals surface area contributed by atoms with Crippen LogP contribution in [0, 0.1) is 22.7 Å². The molecule has 2 aliphatic carbocycles. The highest BCUT2D eigenvalue weighted by molar-refractivity contribution is 5.81. The molecule has 5 rings (SSSR count). The van der Waals surface area contributed by atoms with Crippen LogP contribution < -0.4 is 0 Å². The summed E-state index contributed by atoms with van der Waals surface area (Å²) in [4.78, 5) is 37.8. The van der Waals surface area contributed by atoms with Crippen LogP contribution in [-0.4, -0.2) is 54.0 Å². The maximum absolute atomic E-state index is 13.7. The van der Waals surface area contributed by atoms with Gasteiger partial charge in [-0.15, -0.1) is 0 Å². The lowest BCUT2D eigenvalue weighted by Gasteiger charge is -2.62. The van der Waals surface area contributed by atoms with Crippen molar-refractivity contribution < 1.29 is 42.9 Å². The summed E-state index contributed by atoms with van der Waals surface area (Å²) in [5, 5.41) is 11.6. The number of carbonyl (C=O) groups excluding carboxylic acids is 3. The molecule has 0 radical (unpaired) electrons. The summed E-state index contributed by atoms with van der Waals surface area (Å²) in [6.45, 7) is 4.69. The van der Waals surface area contributed by atoms with E-state index in [-0.39, 0.29) is 12.5 Å². The van der Waals surface area contributed by atoms with Crippen molar-refractivity contribution >= 4 is 17.9 Å². The van der Waals surface area contributed by atoms with E-state index in [1.807, 2.05) is 6.92 Å². The van der Waals surface area contributed by atoms with Crippen molar-refractivity contribution in [3.63, 3.8) is 0 Å². The number of esters is 3. The van der Waals surface area contributed by atoms with Crippen LogP contribution in [0.5, 0.6) is 0 Å². The summed E-state index contributed by atoms with van der Waals surface area (Å²) in [5.74, 6) is -2.37. The van der Waals surface area contributed by atoms with Crippen molar-refractivity contribution in [2.45, 2.75) is 70.4 Å². The van der Waals surface area contributed by atoms with Crippen LogP contribution in [0.2, 0.25) is 0 Å². The van der Waals surface area contributed by atoms with Crippen LogP contribution in [0.3, 0.4) is 0 Å². The molecule has 1 N–H and O–H groups in total. The Morgan fingerprint density at radius 2 is 2.03 bits per heavy atom. The number of fused-ring (bicyclic) bond motifs is 3. The minimum atomic E-state index is -1.17. The zero-order valence-electron chi connectivity index (χ0n) is 19.1. The molecule has 2 spiro atoms. The average Bonchev–Trinajstić information content (AvgIpc) is 3.19. The molecule has 9 heteroatoms. The molecule has 8 unspecified atom stereocenters. The average molecular weight is 462 g/mol. The fraction of sp³-hybridized carbons (Fsp3) is 0.708. The Kier molecular flexibility index (Phi) is 5.13. The summed E-state index contributed by atoms with van der Waals surface area (Å²) in [6.07, 6.45) is 2.87. The van der Waals surface area contributed by atoms with Gasteiger partial charge in [-0.3, -0.25) is 14.4 Å². The van der Waals surface area contributed by atoms with Crippen molar-refractivity contribution in [3.05, 3.63) is 24.2 Å². The highest BCUT2D eigenvalue weighted by atomic mass is 16.6. The minimum absolute atomic E-state index is 0.111. The van der Waals surface area contributed by atoms with Gasteiger partial charge in [0.05, 0.1) is 36.1 Å². The molecule has 3 heterocycles. The van der Waals surface area contributed by atoms with Crippen molar-refractivity contribution in [2.24, 2.45) is 22.7 Å². The zero-order valence-corrected chi connectivity index (χ0v) is 19.1. The smallest absolute Gasteiger partial charge is 0.313 e. The third kappa shape index (κ3) is 3.01. The molecule has 33 heavy (non-hydrogen) atoms. The molecule has 180 valence electrons. The lowest BCUT2D eigenvalue weighted by atomic mass is 9.42. The number of aliphatic hydroxyl groups is 1. The molecule has 0 aromatic carbocycles. The van der Waals surface area contributed by atoms with Crippen LogP contribution in [-0.2, 0) is 33.3 Å². The maximum atomic E-state index is 13.7. The summed E-state index contributed by atoms with van der Waals surface area (Å²) in [7, 11) is 0. The van der Waals surface area contributed by atoms with Crippen LogP contribution in [0.1, 0.15) is 58.1 Å². The molecule has 2 saturated carbocycles. The number of furan rings is 1. The molecule has 1 aromatic rings. The number of ether oxygens (including phenoxy) is 4. The Morgan fingerprint density at radius 1 is 1.27 bits per heavy atom. The molecule has 0 bridgehead atoms. The molecule has 0 amide bonds. The number of aliphatic hydroxyl groups excluding tert-OH is 1. The van der Waals surface area contributed by atoms with Crippen LogP contribution in [0.4, 0.5) is 0 Å². The SMILES string of the molecule is CC(=O)OCC12C(OC(C)=O)C(O)C(C)C3(CC(c4ccoc4)OC3=O)C1CCCC21CO1. The molecule has 8 atom stereocenters. The summed E-state index contributed by atoms with van der Waals surface area (Å²) in [6, 6.07) is 1.76. The van der Waals surface area contributed by atoms with Gasteiger partial charge in [-0.2, -0.15) is 0 Å². The zero-order chi connectivity index (χ0) is 23.6. The van der Waals surface area contributed by atoms with Crippen LogP contribution in [0.15, 0.2) is 23.0 Å². The van der Waals surface area contributed by atoms with Gasteiger partial charge in [-0.25, -0.2) is 0 Å². The van der Waals surface area contributed by atoms with Gasteiger partial charge in [0.15, 0.2) is 0 Å².